The van der Waals surface area contributed by atoms with Gasteiger partial charge in [0.25, 0.3) is 0 Å². The number of hydrogen-bond donors (Lipinski definition) is 0. The lowest BCUT2D eigenvalue weighted by atomic mass is 9.86. The molecule has 0 saturated carbocycles. The van der Waals surface area contributed by atoms with Crippen molar-refractivity contribution in [3.8, 4) is 67.5 Å². The zero-order valence-electron chi connectivity index (χ0n) is 34.2. The van der Waals surface area contributed by atoms with Gasteiger partial charge in [0.2, 0.25) is 0 Å². The van der Waals surface area contributed by atoms with Gasteiger partial charge in [0, 0.05) is 27.5 Å². The number of fused-ring (bicyclic) bond motifs is 3. The fraction of sp³-hybridized carbons (Fsp3) is 0.0351. The average Bonchev–Trinajstić information content (AvgIpc) is 3.71. The van der Waals surface area contributed by atoms with Crippen molar-refractivity contribution in [2.45, 2.75) is 13.8 Å². The van der Waals surface area contributed by atoms with Gasteiger partial charge in [-0.1, -0.05) is 189 Å². The first-order valence-corrected chi connectivity index (χ1v) is 20.5. The summed E-state index contributed by atoms with van der Waals surface area (Å²) in [6.07, 6.45) is 12.1. The molecule has 0 aliphatic carbocycles. The Morgan fingerprint density at radius 3 is 1.80 bits per heavy atom. The number of rotatable bonds is 11. The summed E-state index contributed by atoms with van der Waals surface area (Å²) in [5.41, 5.74) is 15.4. The van der Waals surface area contributed by atoms with E-state index >= 15 is 0 Å². The number of aromatic nitrogens is 3. The topological polar surface area (TPSA) is 51.8 Å². The number of benzene rings is 7. The lowest BCUT2D eigenvalue weighted by Crippen LogP contribution is -2.00. The monoisotopic (exact) mass is 785 g/mol. The largest absolute Gasteiger partial charge is 0.456 e. The van der Waals surface area contributed by atoms with E-state index in [0.29, 0.717) is 17.5 Å². The SMILES string of the molecule is C=C/C=C(\C=C)c1cccc(-c2ccc(-c3ccc4oc5cccc(-c6nc(-c7ccccc7)nc(-c7cccc(-c8ccccc8)c7)n6)c5c4c3)cc2)c1C(/C=C\C)=C/C. The summed E-state index contributed by atoms with van der Waals surface area (Å²) in [6.45, 7) is 12.2. The fourth-order valence-corrected chi connectivity index (χ4v) is 8.09. The normalized spacial score (nSPS) is 12.0. The van der Waals surface area contributed by atoms with E-state index in [0.717, 1.165) is 94.3 Å². The zero-order valence-corrected chi connectivity index (χ0v) is 34.2. The highest BCUT2D eigenvalue weighted by Crippen LogP contribution is 2.40. The molecule has 9 aromatic rings. The molecule has 7 aromatic carbocycles. The minimum atomic E-state index is 0.580. The molecule has 0 N–H and O–H groups in total. The van der Waals surface area contributed by atoms with Crippen LogP contribution in [0.15, 0.2) is 218 Å². The third kappa shape index (κ3) is 7.59. The molecule has 9 rings (SSSR count). The first-order valence-electron chi connectivity index (χ1n) is 20.5. The van der Waals surface area contributed by atoms with Crippen LogP contribution in [0.3, 0.4) is 0 Å². The molecule has 0 radical (unpaired) electrons. The number of furan rings is 1. The number of hydrogen-bond acceptors (Lipinski definition) is 4. The summed E-state index contributed by atoms with van der Waals surface area (Å²) in [7, 11) is 0. The highest BCUT2D eigenvalue weighted by Gasteiger charge is 2.19. The molecule has 0 amide bonds. The average molecular weight is 786 g/mol. The molecule has 0 saturated heterocycles. The molecular weight excluding hydrogens is 743 g/mol. The summed E-state index contributed by atoms with van der Waals surface area (Å²) in [6, 6.07) is 56.6. The van der Waals surface area contributed by atoms with Crippen molar-refractivity contribution < 1.29 is 4.42 Å². The van der Waals surface area contributed by atoms with Gasteiger partial charge in [-0.2, -0.15) is 0 Å². The third-order valence-corrected chi connectivity index (χ3v) is 11.0. The Bertz CT molecular complexity index is 3170. The van der Waals surface area contributed by atoms with E-state index in [-0.39, 0.29) is 0 Å². The van der Waals surface area contributed by atoms with Crippen molar-refractivity contribution in [1.29, 1.82) is 0 Å². The molecule has 0 atom stereocenters. The van der Waals surface area contributed by atoms with Crippen molar-refractivity contribution in [2.24, 2.45) is 0 Å². The van der Waals surface area contributed by atoms with E-state index in [4.69, 9.17) is 19.4 Å². The highest BCUT2D eigenvalue weighted by atomic mass is 16.3. The summed E-state index contributed by atoms with van der Waals surface area (Å²) in [4.78, 5) is 15.3. The van der Waals surface area contributed by atoms with Crippen LogP contribution in [0.4, 0.5) is 0 Å². The van der Waals surface area contributed by atoms with Crippen LogP contribution in [0.1, 0.15) is 25.0 Å². The van der Waals surface area contributed by atoms with Gasteiger partial charge in [0.15, 0.2) is 17.5 Å². The molecule has 2 aromatic heterocycles. The Kier molecular flexibility index (Phi) is 10.8. The Labute approximate surface area is 357 Å². The minimum absolute atomic E-state index is 0.580. The van der Waals surface area contributed by atoms with E-state index in [1.165, 1.54) is 0 Å². The molecule has 4 heteroatoms. The van der Waals surface area contributed by atoms with E-state index in [2.05, 4.69) is 154 Å². The van der Waals surface area contributed by atoms with Crippen LogP contribution in [-0.2, 0) is 0 Å². The second-order valence-corrected chi connectivity index (χ2v) is 14.7. The molecule has 0 bridgehead atoms. The lowest BCUT2D eigenvalue weighted by Gasteiger charge is -2.17. The van der Waals surface area contributed by atoms with Crippen molar-refractivity contribution in [3.05, 3.63) is 225 Å². The van der Waals surface area contributed by atoms with Crippen LogP contribution < -0.4 is 0 Å². The summed E-state index contributed by atoms with van der Waals surface area (Å²) < 4.78 is 6.50. The van der Waals surface area contributed by atoms with E-state index in [1.807, 2.05) is 73.7 Å². The molecule has 0 aliphatic rings. The van der Waals surface area contributed by atoms with Gasteiger partial charge in [-0.3, -0.25) is 0 Å². The summed E-state index contributed by atoms with van der Waals surface area (Å²) in [5, 5.41) is 1.95. The quantitative estimate of drug-likeness (QED) is 0.123. The van der Waals surface area contributed by atoms with Crippen LogP contribution in [0, 0.1) is 0 Å². The standard InChI is InChI=1S/C57H43N3O/c1-5-18-38(7-3)47-26-16-27-48(53(47)39(8-4)19-6-2)42-32-30-41(31-33-42)45-34-35-51-50(37-45)54-49(28-17-29-52(54)61-51)57-59-55(43-22-13-10-14-23-43)58-56(60-57)46-25-15-24-44(36-46)40-20-11-9-12-21-40/h5-37H,1,3H2,2,4H3/b19-6-,38-18+,39-8+. The first-order chi connectivity index (χ1) is 30.1. The van der Waals surface area contributed by atoms with Gasteiger partial charge in [-0.25, -0.2) is 15.0 Å². The molecule has 61 heavy (non-hydrogen) atoms. The minimum Gasteiger partial charge on any atom is -0.456 e. The third-order valence-electron chi connectivity index (χ3n) is 11.0. The summed E-state index contributed by atoms with van der Waals surface area (Å²) >= 11 is 0. The Balaban J connectivity index is 1.15. The maximum Gasteiger partial charge on any atom is 0.164 e. The second-order valence-electron chi connectivity index (χ2n) is 14.7. The van der Waals surface area contributed by atoms with Crippen LogP contribution in [0.25, 0.3) is 101 Å². The summed E-state index contributed by atoms with van der Waals surface area (Å²) in [5.74, 6) is 1.79. The smallest absolute Gasteiger partial charge is 0.164 e. The number of nitrogens with zero attached hydrogens (tertiary/aromatic N) is 3. The van der Waals surface area contributed by atoms with Crippen LogP contribution >= 0.6 is 0 Å². The first kappa shape index (κ1) is 38.6. The van der Waals surface area contributed by atoms with Crippen LogP contribution in [0.2, 0.25) is 0 Å². The van der Waals surface area contributed by atoms with Crippen molar-refractivity contribution >= 4 is 33.1 Å². The zero-order chi connectivity index (χ0) is 41.7. The van der Waals surface area contributed by atoms with Crippen molar-refractivity contribution in [1.82, 2.24) is 15.0 Å². The van der Waals surface area contributed by atoms with Gasteiger partial charge < -0.3 is 4.42 Å². The highest BCUT2D eigenvalue weighted by molar-refractivity contribution is 6.13. The van der Waals surface area contributed by atoms with Gasteiger partial charge in [-0.05, 0) is 93.8 Å². The lowest BCUT2D eigenvalue weighted by molar-refractivity contribution is 0.669. The van der Waals surface area contributed by atoms with Crippen molar-refractivity contribution in [3.63, 3.8) is 0 Å². The molecule has 292 valence electrons. The Morgan fingerprint density at radius 1 is 0.492 bits per heavy atom. The predicted octanol–water partition coefficient (Wildman–Crippen LogP) is 15.5. The molecule has 0 fully saturated rings. The molecule has 4 nitrogen and oxygen atoms in total. The second kappa shape index (κ2) is 17.1. The van der Waals surface area contributed by atoms with Crippen molar-refractivity contribution in [2.75, 3.05) is 0 Å². The Hall–Kier alpha value is -7.95. The van der Waals surface area contributed by atoms with Gasteiger partial charge >= 0.3 is 0 Å². The molecule has 0 unspecified atom stereocenters. The van der Waals surface area contributed by atoms with Crippen LogP contribution in [-0.4, -0.2) is 15.0 Å². The van der Waals surface area contributed by atoms with Gasteiger partial charge in [0.1, 0.15) is 11.2 Å². The maximum absolute atomic E-state index is 6.50. The molecule has 0 aliphatic heterocycles. The van der Waals surface area contributed by atoms with Gasteiger partial charge in [-0.15, -0.1) is 0 Å². The van der Waals surface area contributed by atoms with E-state index in [9.17, 15) is 0 Å². The van der Waals surface area contributed by atoms with E-state index < -0.39 is 0 Å². The molecular formula is C57H43N3O. The van der Waals surface area contributed by atoms with E-state index in [1.54, 1.807) is 0 Å². The maximum atomic E-state index is 6.50. The fourth-order valence-electron chi connectivity index (χ4n) is 8.09. The van der Waals surface area contributed by atoms with Gasteiger partial charge in [0.05, 0.1) is 0 Å². The Morgan fingerprint density at radius 2 is 1.08 bits per heavy atom. The van der Waals surface area contributed by atoms with Crippen LogP contribution in [0.5, 0.6) is 0 Å². The predicted molar refractivity (Wildman–Crippen MR) is 257 cm³/mol. The number of allylic oxidation sites excluding steroid dienone is 8. The molecule has 2 heterocycles. The molecule has 0 spiro atoms.